The van der Waals surface area contributed by atoms with Crippen LogP contribution in [0.4, 0.5) is 0 Å². The molecule has 1 unspecified atom stereocenters. The molecule has 5 heteroatoms. The SMILES string of the molecule is CCN1CC(=O)N(CC(O)C2CC2)CC1=O. The number of β-amino-alcohol motifs (C(OH)–C–C–N with tert-alkyl or cyclic N) is 1. The van der Waals surface area contributed by atoms with Crippen LogP contribution in [0.1, 0.15) is 19.8 Å². The van der Waals surface area contributed by atoms with Gasteiger partial charge in [-0.05, 0) is 25.7 Å². The van der Waals surface area contributed by atoms with Gasteiger partial charge < -0.3 is 14.9 Å². The number of aliphatic hydroxyl groups is 1. The van der Waals surface area contributed by atoms with E-state index in [-0.39, 0.29) is 24.9 Å². The monoisotopic (exact) mass is 226 g/mol. The number of aliphatic hydroxyl groups excluding tert-OH is 1. The van der Waals surface area contributed by atoms with Gasteiger partial charge in [0.05, 0.1) is 19.2 Å². The van der Waals surface area contributed by atoms with Crippen molar-refractivity contribution in [3.63, 3.8) is 0 Å². The first-order chi connectivity index (χ1) is 7.61. The van der Waals surface area contributed by atoms with E-state index in [0.717, 1.165) is 12.8 Å². The van der Waals surface area contributed by atoms with E-state index < -0.39 is 6.10 Å². The molecule has 2 fully saturated rings. The fourth-order valence-corrected chi connectivity index (χ4v) is 2.01. The van der Waals surface area contributed by atoms with Crippen LogP contribution in [-0.2, 0) is 9.59 Å². The minimum absolute atomic E-state index is 0.0231. The van der Waals surface area contributed by atoms with Crippen LogP contribution in [0, 0.1) is 5.92 Å². The number of amides is 2. The van der Waals surface area contributed by atoms with E-state index in [1.54, 1.807) is 4.90 Å². The van der Waals surface area contributed by atoms with Gasteiger partial charge in [-0.3, -0.25) is 9.59 Å². The molecule has 0 bridgehead atoms. The molecule has 0 radical (unpaired) electrons. The maximum atomic E-state index is 11.7. The summed E-state index contributed by atoms with van der Waals surface area (Å²) in [7, 11) is 0. The molecular weight excluding hydrogens is 208 g/mol. The predicted molar refractivity (Wildman–Crippen MR) is 57.6 cm³/mol. The number of nitrogens with zero attached hydrogens (tertiary/aromatic N) is 2. The van der Waals surface area contributed by atoms with Crippen LogP contribution in [0.25, 0.3) is 0 Å². The predicted octanol–water partition coefficient (Wildman–Crippen LogP) is -0.552. The van der Waals surface area contributed by atoms with Crippen molar-refractivity contribution in [2.45, 2.75) is 25.9 Å². The van der Waals surface area contributed by atoms with Crippen LogP contribution in [-0.4, -0.2) is 59.0 Å². The number of hydrogen-bond acceptors (Lipinski definition) is 3. The number of hydrogen-bond donors (Lipinski definition) is 1. The van der Waals surface area contributed by atoms with Crippen molar-refractivity contribution in [2.75, 3.05) is 26.2 Å². The Balaban J connectivity index is 1.90. The molecule has 1 aliphatic carbocycles. The number of carbonyl (C=O) groups excluding carboxylic acids is 2. The molecule has 1 N–H and O–H groups in total. The van der Waals surface area contributed by atoms with Crippen LogP contribution < -0.4 is 0 Å². The standard InChI is InChI=1S/C11H18N2O3/c1-2-12-6-11(16)13(7-10(12)15)5-9(14)8-3-4-8/h8-9,14H,2-7H2,1H3. The van der Waals surface area contributed by atoms with E-state index in [9.17, 15) is 14.7 Å². The third kappa shape index (κ3) is 2.35. The Morgan fingerprint density at radius 2 is 1.81 bits per heavy atom. The average Bonchev–Trinajstić information content (AvgIpc) is 3.06. The van der Waals surface area contributed by atoms with Gasteiger partial charge in [-0.2, -0.15) is 0 Å². The molecule has 1 saturated carbocycles. The summed E-state index contributed by atoms with van der Waals surface area (Å²) in [5, 5.41) is 9.75. The summed E-state index contributed by atoms with van der Waals surface area (Å²) in [6.07, 6.45) is 1.63. The van der Waals surface area contributed by atoms with E-state index in [1.807, 2.05) is 6.92 Å². The molecule has 5 nitrogen and oxygen atoms in total. The van der Waals surface area contributed by atoms with Gasteiger partial charge >= 0.3 is 0 Å². The van der Waals surface area contributed by atoms with Crippen molar-refractivity contribution in [3.05, 3.63) is 0 Å². The Bertz CT molecular complexity index is 302. The molecule has 2 amide bonds. The van der Waals surface area contributed by atoms with Crippen LogP contribution >= 0.6 is 0 Å². The molecule has 1 saturated heterocycles. The van der Waals surface area contributed by atoms with E-state index in [0.29, 0.717) is 19.0 Å². The summed E-state index contributed by atoms with van der Waals surface area (Å²) in [5.74, 6) is 0.262. The number of likely N-dealkylation sites (N-methyl/N-ethyl adjacent to an activating group) is 1. The maximum absolute atomic E-state index is 11.7. The van der Waals surface area contributed by atoms with E-state index in [1.165, 1.54) is 4.90 Å². The molecule has 16 heavy (non-hydrogen) atoms. The molecule has 1 aliphatic heterocycles. The highest BCUT2D eigenvalue weighted by Gasteiger charge is 2.35. The smallest absolute Gasteiger partial charge is 0.242 e. The van der Waals surface area contributed by atoms with Gasteiger partial charge in [-0.1, -0.05) is 0 Å². The second-order valence-corrected chi connectivity index (χ2v) is 4.59. The van der Waals surface area contributed by atoms with E-state index in [4.69, 9.17) is 0 Å². The third-order valence-corrected chi connectivity index (χ3v) is 3.31. The molecule has 1 atom stereocenters. The van der Waals surface area contributed by atoms with Crippen molar-refractivity contribution in [1.29, 1.82) is 0 Å². The first-order valence-electron chi connectivity index (χ1n) is 5.85. The molecule has 1 heterocycles. The molecule has 0 aromatic heterocycles. The summed E-state index contributed by atoms with van der Waals surface area (Å²) in [5.41, 5.74) is 0. The number of rotatable bonds is 4. The largest absolute Gasteiger partial charge is 0.391 e. The summed E-state index contributed by atoms with van der Waals surface area (Å²) in [6.45, 7) is 3.03. The summed E-state index contributed by atoms with van der Waals surface area (Å²) < 4.78 is 0. The first-order valence-corrected chi connectivity index (χ1v) is 5.85. The second-order valence-electron chi connectivity index (χ2n) is 4.59. The number of carbonyl (C=O) groups is 2. The minimum Gasteiger partial charge on any atom is -0.391 e. The Morgan fingerprint density at radius 3 is 2.38 bits per heavy atom. The zero-order valence-corrected chi connectivity index (χ0v) is 9.56. The maximum Gasteiger partial charge on any atom is 0.242 e. The fraction of sp³-hybridized carbons (Fsp3) is 0.818. The van der Waals surface area contributed by atoms with Gasteiger partial charge in [-0.25, -0.2) is 0 Å². The van der Waals surface area contributed by atoms with E-state index >= 15 is 0 Å². The summed E-state index contributed by atoms with van der Waals surface area (Å²) >= 11 is 0. The molecule has 90 valence electrons. The second kappa shape index (κ2) is 4.41. The van der Waals surface area contributed by atoms with Crippen molar-refractivity contribution in [3.8, 4) is 0 Å². The normalized spacial score (nSPS) is 23.9. The Hall–Kier alpha value is -1.10. The molecular formula is C11H18N2O3. The Kier molecular flexibility index (Phi) is 3.14. The van der Waals surface area contributed by atoms with Gasteiger partial charge in [0.15, 0.2) is 0 Å². The van der Waals surface area contributed by atoms with Gasteiger partial charge in [0.25, 0.3) is 0 Å². The quantitative estimate of drug-likeness (QED) is 0.699. The lowest BCUT2D eigenvalue weighted by Gasteiger charge is -2.34. The van der Waals surface area contributed by atoms with Gasteiger partial charge in [-0.15, -0.1) is 0 Å². The van der Waals surface area contributed by atoms with Crippen molar-refractivity contribution >= 4 is 11.8 Å². The molecule has 0 aromatic carbocycles. The average molecular weight is 226 g/mol. The summed E-state index contributed by atoms with van der Waals surface area (Å²) in [4.78, 5) is 26.3. The van der Waals surface area contributed by atoms with Crippen LogP contribution in [0.15, 0.2) is 0 Å². The highest BCUT2D eigenvalue weighted by Crippen LogP contribution is 2.32. The fourth-order valence-electron chi connectivity index (χ4n) is 2.01. The van der Waals surface area contributed by atoms with Gasteiger partial charge in [0.2, 0.25) is 11.8 Å². The van der Waals surface area contributed by atoms with E-state index in [2.05, 4.69) is 0 Å². The first kappa shape index (κ1) is 11.4. The lowest BCUT2D eigenvalue weighted by molar-refractivity contribution is -0.151. The topological polar surface area (TPSA) is 60.9 Å². The minimum atomic E-state index is -0.454. The van der Waals surface area contributed by atoms with Crippen LogP contribution in [0.3, 0.4) is 0 Å². The van der Waals surface area contributed by atoms with Gasteiger partial charge in [0.1, 0.15) is 0 Å². The van der Waals surface area contributed by atoms with Crippen LogP contribution in [0.5, 0.6) is 0 Å². The molecule has 0 aromatic rings. The molecule has 0 spiro atoms. The van der Waals surface area contributed by atoms with Crippen molar-refractivity contribution in [2.24, 2.45) is 5.92 Å². The van der Waals surface area contributed by atoms with Crippen LogP contribution in [0.2, 0.25) is 0 Å². The lowest BCUT2D eigenvalue weighted by atomic mass is 10.2. The van der Waals surface area contributed by atoms with Crippen molar-refractivity contribution in [1.82, 2.24) is 9.80 Å². The highest BCUT2D eigenvalue weighted by atomic mass is 16.3. The molecule has 2 aliphatic rings. The zero-order valence-electron chi connectivity index (χ0n) is 9.56. The Labute approximate surface area is 95.0 Å². The molecule has 2 rings (SSSR count). The Morgan fingerprint density at radius 1 is 1.25 bits per heavy atom. The lowest BCUT2D eigenvalue weighted by Crippen LogP contribution is -2.55. The van der Waals surface area contributed by atoms with Crippen molar-refractivity contribution < 1.29 is 14.7 Å². The number of piperazine rings is 1. The summed E-state index contributed by atoms with van der Waals surface area (Å²) in [6, 6.07) is 0. The highest BCUT2D eigenvalue weighted by molar-refractivity contribution is 5.92. The van der Waals surface area contributed by atoms with Gasteiger partial charge in [0, 0.05) is 13.1 Å². The zero-order chi connectivity index (χ0) is 11.7. The third-order valence-electron chi connectivity index (χ3n) is 3.31.